The van der Waals surface area contributed by atoms with Crippen molar-refractivity contribution in [2.24, 2.45) is 5.73 Å². The van der Waals surface area contributed by atoms with Gasteiger partial charge in [-0.25, -0.2) is 0 Å². The van der Waals surface area contributed by atoms with Crippen LogP contribution in [0, 0.1) is 0 Å². The average molecular weight is 408 g/mol. The lowest BCUT2D eigenvalue weighted by Crippen LogP contribution is -2.56. The van der Waals surface area contributed by atoms with E-state index in [0.717, 1.165) is 8.95 Å². The molecule has 0 unspecified atom stereocenters. The number of benzene rings is 1. The second-order valence-corrected chi connectivity index (χ2v) is 6.44. The molecule has 1 amide bonds. The van der Waals surface area contributed by atoms with E-state index < -0.39 is 5.54 Å². The van der Waals surface area contributed by atoms with Crippen molar-refractivity contribution in [2.45, 2.75) is 32.2 Å². The van der Waals surface area contributed by atoms with Gasteiger partial charge in [0.15, 0.2) is 0 Å². The zero-order valence-electron chi connectivity index (χ0n) is 10.8. The van der Waals surface area contributed by atoms with Gasteiger partial charge in [-0.3, -0.25) is 4.79 Å². The van der Waals surface area contributed by atoms with Crippen LogP contribution in [-0.4, -0.2) is 16.4 Å². The maximum absolute atomic E-state index is 12.3. The number of hydrogen-bond donors (Lipinski definition) is 2. The van der Waals surface area contributed by atoms with Crippen molar-refractivity contribution in [1.29, 1.82) is 0 Å². The van der Waals surface area contributed by atoms with Crippen LogP contribution >= 0.6 is 44.1 Å². The van der Waals surface area contributed by atoms with Crippen LogP contribution in [0.1, 0.15) is 37.0 Å². The fraction of sp³-hybridized carbons (Fsp3) is 0.385. The summed E-state index contributed by atoms with van der Waals surface area (Å²) in [5.41, 5.74) is 5.71. The molecule has 0 heterocycles. The minimum atomic E-state index is -0.626. The van der Waals surface area contributed by atoms with Gasteiger partial charge in [-0.2, -0.15) is 0 Å². The monoisotopic (exact) mass is 406 g/mol. The Morgan fingerprint density at radius 1 is 1.37 bits per heavy atom. The van der Waals surface area contributed by atoms with Gasteiger partial charge in [-0.05, 0) is 47.0 Å². The molecule has 6 heteroatoms. The van der Waals surface area contributed by atoms with E-state index in [1.54, 1.807) is 6.07 Å². The Kier molecular flexibility index (Phi) is 5.95. The van der Waals surface area contributed by atoms with E-state index in [-0.39, 0.29) is 5.91 Å². The molecule has 3 N–H and O–H groups in total. The number of halogens is 2. The molecular weight excluding hydrogens is 392 g/mol. The highest BCUT2D eigenvalue weighted by Crippen LogP contribution is 2.23. The van der Waals surface area contributed by atoms with Crippen molar-refractivity contribution < 1.29 is 4.79 Å². The van der Waals surface area contributed by atoms with Crippen LogP contribution in [0.5, 0.6) is 0 Å². The molecule has 1 aromatic rings. The highest BCUT2D eigenvalue weighted by molar-refractivity contribution is 9.11. The van der Waals surface area contributed by atoms with Gasteiger partial charge in [0.25, 0.3) is 5.91 Å². The van der Waals surface area contributed by atoms with Gasteiger partial charge in [-0.15, -0.1) is 0 Å². The third-order valence-corrected chi connectivity index (χ3v) is 4.75. The fourth-order valence-electron chi connectivity index (χ4n) is 1.80. The molecule has 3 nitrogen and oxygen atoms in total. The van der Waals surface area contributed by atoms with Crippen LogP contribution in [0.4, 0.5) is 0 Å². The molecule has 0 bridgehead atoms. The normalized spacial score (nSPS) is 11.2. The van der Waals surface area contributed by atoms with Crippen molar-refractivity contribution in [3.63, 3.8) is 0 Å². The molecule has 0 fully saturated rings. The number of hydrogen-bond acceptors (Lipinski definition) is 2. The molecule has 0 saturated heterocycles. The number of thiocarbonyl (C=S) groups is 1. The number of nitrogens with two attached hydrogens (primary N) is 1. The number of rotatable bonds is 5. The van der Waals surface area contributed by atoms with Crippen LogP contribution in [0.25, 0.3) is 0 Å². The standard InChI is InChI=1S/C13H16Br2N2OS/c1-3-13(4-2,12(16)19)17-11(18)9-6-5-8(14)7-10(9)15/h5-7H,3-4H2,1-2H3,(H2,16,19)(H,17,18). The third-order valence-electron chi connectivity index (χ3n) is 3.21. The summed E-state index contributed by atoms with van der Waals surface area (Å²) in [5.74, 6) is -0.184. The van der Waals surface area contributed by atoms with Crippen LogP contribution in [0.2, 0.25) is 0 Å². The molecule has 104 valence electrons. The summed E-state index contributed by atoms with van der Waals surface area (Å²) >= 11 is 11.8. The van der Waals surface area contributed by atoms with E-state index in [9.17, 15) is 4.79 Å². The predicted molar refractivity (Wildman–Crippen MR) is 89.4 cm³/mol. The molecule has 19 heavy (non-hydrogen) atoms. The molecule has 0 spiro atoms. The number of carbonyl (C=O) groups excluding carboxylic acids is 1. The highest BCUT2D eigenvalue weighted by atomic mass is 79.9. The first kappa shape index (κ1) is 16.6. The number of amides is 1. The molecule has 1 rings (SSSR count). The molecule has 0 aliphatic carbocycles. The van der Waals surface area contributed by atoms with Gasteiger partial charge in [0, 0.05) is 8.95 Å². The minimum Gasteiger partial charge on any atom is -0.391 e. The summed E-state index contributed by atoms with van der Waals surface area (Å²) in [6.07, 6.45) is 1.33. The zero-order chi connectivity index (χ0) is 14.6. The van der Waals surface area contributed by atoms with Gasteiger partial charge in [-0.1, -0.05) is 42.0 Å². The lowest BCUT2D eigenvalue weighted by Gasteiger charge is -2.31. The van der Waals surface area contributed by atoms with Crippen molar-refractivity contribution in [2.75, 3.05) is 0 Å². The van der Waals surface area contributed by atoms with Crippen LogP contribution in [0.3, 0.4) is 0 Å². The predicted octanol–water partition coefficient (Wildman–Crippen LogP) is 3.79. The second kappa shape index (κ2) is 6.81. The van der Waals surface area contributed by atoms with Gasteiger partial charge in [0.1, 0.15) is 0 Å². The summed E-state index contributed by atoms with van der Waals surface area (Å²) in [5, 5.41) is 2.96. The van der Waals surface area contributed by atoms with Crippen molar-refractivity contribution in [3.8, 4) is 0 Å². The first-order chi connectivity index (χ1) is 8.86. The Morgan fingerprint density at radius 3 is 2.37 bits per heavy atom. The van der Waals surface area contributed by atoms with E-state index >= 15 is 0 Å². The maximum Gasteiger partial charge on any atom is 0.253 e. The van der Waals surface area contributed by atoms with Crippen molar-refractivity contribution in [3.05, 3.63) is 32.7 Å². The number of nitrogens with one attached hydrogen (secondary N) is 1. The van der Waals surface area contributed by atoms with E-state index in [0.29, 0.717) is 23.4 Å². The summed E-state index contributed by atoms with van der Waals surface area (Å²) < 4.78 is 1.63. The highest BCUT2D eigenvalue weighted by Gasteiger charge is 2.32. The van der Waals surface area contributed by atoms with Crippen LogP contribution in [0.15, 0.2) is 27.1 Å². The molecule has 0 radical (unpaired) electrons. The average Bonchev–Trinajstić information content (AvgIpc) is 2.35. The Hall–Kier alpha value is -0.460. The molecular formula is C13H16Br2N2OS. The van der Waals surface area contributed by atoms with Gasteiger partial charge in [0.05, 0.1) is 16.1 Å². The molecule has 0 saturated carbocycles. The zero-order valence-corrected chi connectivity index (χ0v) is 14.8. The van der Waals surface area contributed by atoms with E-state index in [4.69, 9.17) is 18.0 Å². The van der Waals surface area contributed by atoms with Crippen molar-refractivity contribution >= 4 is 55.0 Å². The Balaban J connectivity index is 3.04. The van der Waals surface area contributed by atoms with Gasteiger partial charge in [0.2, 0.25) is 0 Å². The molecule has 0 aliphatic rings. The van der Waals surface area contributed by atoms with E-state index in [1.807, 2.05) is 26.0 Å². The molecule has 1 aromatic carbocycles. The maximum atomic E-state index is 12.3. The summed E-state index contributed by atoms with van der Waals surface area (Å²) in [6, 6.07) is 5.40. The molecule has 0 atom stereocenters. The first-order valence-corrected chi connectivity index (χ1v) is 7.93. The lowest BCUT2D eigenvalue weighted by atomic mass is 9.92. The quantitative estimate of drug-likeness (QED) is 0.730. The topological polar surface area (TPSA) is 55.1 Å². The minimum absolute atomic E-state index is 0.184. The van der Waals surface area contributed by atoms with Crippen LogP contribution in [-0.2, 0) is 0 Å². The second-order valence-electron chi connectivity index (χ2n) is 4.23. The summed E-state index contributed by atoms with van der Waals surface area (Å²) in [6.45, 7) is 3.92. The third kappa shape index (κ3) is 3.77. The molecule has 0 aliphatic heterocycles. The summed E-state index contributed by atoms with van der Waals surface area (Å²) in [4.78, 5) is 12.7. The number of carbonyl (C=O) groups is 1. The van der Waals surface area contributed by atoms with Gasteiger partial charge >= 0.3 is 0 Å². The first-order valence-electron chi connectivity index (χ1n) is 5.93. The SMILES string of the molecule is CCC(CC)(NC(=O)c1ccc(Br)cc1Br)C(N)=S. The smallest absolute Gasteiger partial charge is 0.253 e. The van der Waals surface area contributed by atoms with Crippen molar-refractivity contribution in [1.82, 2.24) is 5.32 Å². The summed E-state index contributed by atoms with van der Waals surface area (Å²) in [7, 11) is 0. The fourth-order valence-corrected chi connectivity index (χ4v) is 3.36. The Bertz CT molecular complexity index is 501. The largest absolute Gasteiger partial charge is 0.391 e. The Morgan fingerprint density at radius 2 is 1.95 bits per heavy atom. The lowest BCUT2D eigenvalue weighted by molar-refractivity contribution is 0.0919. The van der Waals surface area contributed by atoms with Gasteiger partial charge < -0.3 is 11.1 Å². The Labute approximate surface area is 135 Å². The molecule has 0 aromatic heterocycles. The van der Waals surface area contributed by atoms with E-state index in [1.165, 1.54) is 0 Å². The van der Waals surface area contributed by atoms with Crippen LogP contribution < -0.4 is 11.1 Å². The van der Waals surface area contributed by atoms with E-state index in [2.05, 4.69) is 37.2 Å².